The number of rotatable bonds is 11. The van der Waals surface area contributed by atoms with E-state index in [0.29, 0.717) is 0 Å². The highest BCUT2D eigenvalue weighted by Gasteiger charge is 2.56. The Bertz CT molecular complexity index is 7200. The molecule has 0 radical (unpaired) electrons. The molecule has 3 aromatic heterocycles. The van der Waals surface area contributed by atoms with Gasteiger partial charge in [0.1, 0.15) is 0 Å². The number of thiophene rings is 2. The summed E-state index contributed by atoms with van der Waals surface area (Å²) in [6.45, 7) is 0. The summed E-state index contributed by atoms with van der Waals surface area (Å²) >= 11 is 3.86. The average molecular weight is 1460 g/mol. The largest absolute Gasteiger partial charge is 0.310 e. The van der Waals surface area contributed by atoms with Crippen LogP contribution in [0.15, 0.2) is 400 Å². The van der Waals surface area contributed by atoms with Gasteiger partial charge in [0.05, 0.1) is 27.6 Å². The molecule has 2 atom stereocenters. The van der Waals surface area contributed by atoms with Crippen molar-refractivity contribution in [1.82, 2.24) is 4.57 Å². The second-order valence-electron chi connectivity index (χ2n) is 30.1. The van der Waals surface area contributed by atoms with Gasteiger partial charge in [-0.25, -0.2) is 0 Å². The minimum absolute atomic E-state index is 0.620. The Morgan fingerprint density at radius 1 is 0.223 bits per heavy atom. The molecular formula is C106H66N4S2. The summed E-state index contributed by atoms with van der Waals surface area (Å²) in [6, 6.07) is 150. The van der Waals surface area contributed by atoms with Crippen molar-refractivity contribution < 1.29 is 0 Å². The minimum atomic E-state index is -0.644. The molecular weight excluding hydrogens is 1390 g/mol. The number of fused-ring (bicyclic) bond motifs is 28. The third-order valence-electron chi connectivity index (χ3n) is 24.5. The fourth-order valence-corrected chi connectivity index (χ4v) is 22.7. The molecule has 24 rings (SSSR count). The maximum Gasteiger partial charge on any atom is 0.0741 e. The molecule has 0 saturated carbocycles. The van der Waals surface area contributed by atoms with E-state index < -0.39 is 10.8 Å². The van der Waals surface area contributed by atoms with Gasteiger partial charge in [-0.15, -0.1) is 22.7 Å². The van der Waals surface area contributed by atoms with E-state index in [4.69, 9.17) is 0 Å². The number of anilines is 9. The predicted octanol–water partition coefficient (Wildman–Crippen LogP) is 29.1. The zero-order chi connectivity index (χ0) is 73.3. The van der Waals surface area contributed by atoms with E-state index >= 15 is 0 Å². The molecule has 112 heavy (non-hydrogen) atoms. The van der Waals surface area contributed by atoms with Gasteiger partial charge in [-0.05, 0) is 257 Å². The van der Waals surface area contributed by atoms with E-state index in [0.717, 1.165) is 62.4 Å². The lowest BCUT2D eigenvalue weighted by Crippen LogP contribution is -2.26. The summed E-state index contributed by atoms with van der Waals surface area (Å²) in [6.07, 6.45) is 0. The summed E-state index contributed by atoms with van der Waals surface area (Å²) < 4.78 is 5.13. The Labute approximate surface area is 656 Å². The molecule has 0 N–H and O–H groups in total. The maximum atomic E-state index is 2.55. The molecule has 4 nitrogen and oxygen atoms in total. The summed E-state index contributed by atoms with van der Waals surface area (Å²) in [5.74, 6) is 0. The predicted molar refractivity (Wildman–Crippen MR) is 471 cm³/mol. The minimum Gasteiger partial charge on any atom is -0.310 e. The quantitative estimate of drug-likeness (QED) is 0.128. The van der Waals surface area contributed by atoms with Gasteiger partial charge in [-0.2, -0.15) is 0 Å². The maximum absolute atomic E-state index is 2.55. The topological polar surface area (TPSA) is 14.7 Å². The number of para-hydroxylation sites is 6. The number of benzene rings is 17. The van der Waals surface area contributed by atoms with E-state index in [1.165, 1.54) is 146 Å². The van der Waals surface area contributed by atoms with Crippen LogP contribution in [-0.4, -0.2) is 4.57 Å². The monoisotopic (exact) mass is 1460 g/mol. The van der Waals surface area contributed by atoms with E-state index in [-0.39, 0.29) is 0 Å². The van der Waals surface area contributed by atoms with Crippen LogP contribution < -0.4 is 14.7 Å². The second-order valence-corrected chi connectivity index (χ2v) is 32.2. The van der Waals surface area contributed by atoms with E-state index in [1.807, 2.05) is 22.7 Å². The molecule has 2 unspecified atom stereocenters. The third kappa shape index (κ3) is 8.87. The normalized spacial score (nSPS) is 15.0. The molecule has 0 fully saturated rings. The first-order valence-electron chi connectivity index (χ1n) is 38.6. The number of hydrogen-bond acceptors (Lipinski definition) is 5. The van der Waals surface area contributed by atoms with Crippen LogP contribution in [0.5, 0.6) is 0 Å². The van der Waals surface area contributed by atoms with Crippen molar-refractivity contribution in [3.05, 3.63) is 445 Å². The molecule has 4 aliphatic carbocycles. The Kier molecular flexibility index (Phi) is 13.7. The summed E-state index contributed by atoms with van der Waals surface area (Å²) in [5.41, 5.74) is 32.8. The third-order valence-corrected chi connectivity index (χ3v) is 26.9. The standard InChI is InChI=1S/C106H66N4S2/c1-6-28-70(29-7-1)107(71-30-8-2-9-31-71)75-51-56-82-80-38-16-21-43-90(80)105(92(82)63-75)95-65-77(54-59-86(95)104-101(105)87-41-19-24-47-99(87)112-104)109(74-36-14-5-15-37-74)96-46-26-27-69-61-67(49-55-79(69)96)68-50-60-98-89(62-68)84-40-18-23-45-97(84)110(98)78-52-57-83-81-39-17-22-44-91(81)106(93(83)66-78)94-64-76(108(72-32-10-3-11-33-72)73-34-12-4-13-35-73)53-58-85(94)103-102(106)88-42-20-25-48-100(88)111-103/h1-66H. The van der Waals surface area contributed by atoms with Crippen molar-refractivity contribution in [2.45, 2.75) is 10.8 Å². The average Bonchev–Trinajstić information content (AvgIpc) is 1.50. The first-order chi connectivity index (χ1) is 55.6. The first-order valence-corrected chi connectivity index (χ1v) is 40.2. The second kappa shape index (κ2) is 24.3. The van der Waals surface area contributed by atoms with Gasteiger partial charge in [0, 0.05) is 86.5 Å². The zero-order valence-electron chi connectivity index (χ0n) is 60.7. The van der Waals surface area contributed by atoms with Crippen LogP contribution >= 0.6 is 22.7 Å². The smallest absolute Gasteiger partial charge is 0.0741 e. The van der Waals surface area contributed by atoms with Gasteiger partial charge in [0.2, 0.25) is 0 Å². The van der Waals surface area contributed by atoms with Crippen molar-refractivity contribution in [1.29, 1.82) is 0 Å². The fourth-order valence-electron chi connectivity index (χ4n) is 20.1. The van der Waals surface area contributed by atoms with Gasteiger partial charge in [-0.1, -0.05) is 249 Å². The van der Waals surface area contributed by atoms with Crippen molar-refractivity contribution in [3.8, 4) is 59.9 Å². The van der Waals surface area contributed by atoms with Gasteiger partial charge in [0.25, 0.3) is 0 Å². The number of nitrogens with zero attached hydrogens (tertiary/aromatic N) is 4. The Balaban J connectivity index is 0.645. The molecule has 6 heteroatoms. The highest BCUT2D eigenvalue weighted by molar-refractivity contribution is 7.23. The molecule has 522 valence electrons. The molecule has 0 bridgehead atoms. The van der Waals surface area contributed by atoms with Crippen LogP contribution in [0.4, 0.5) is 51.2 Å². The Morgan fingerprint density at radius 3 is 1.15 bits per heavy atom. The molecule has 3 heterocycles. The highest BCUT2D eigenvalue weighted by Crippen LogP contribution is 2.69. The van der Waals surface area contributed by atoms with Crippen molar-refractivity contribution in [3.63, 3.8) is 0 Å². The SMILES string of the molecule is c1ccc(N(c2ccccc2)c2ccc3c(c2)C2(c4ccccc4-3)c3cc(N(c4ccccc4)c4cccc5cc(-c6ccc7c(c6)c6ccccc6n7-c6ccc7c(c6)C6(c8ccccc8-7)c7cc(N(c8ccccc8)c8ccccc8)ccc7-c7sc8ccccc8c76)ccc45)ccc3-c3sc4ccccc4c32)cc1. The van der Waals surface area contributed by atoms with Gasteiger partial charge < -0.3 is 19.3 Å². The summed E-state index contributed by atoms with van der Waals surface area (Å²) in [5, 5.41) is 7.38. The summed E-state index contributed by atoms with van der Waals surface area (Å²) in [4.78, 5) is 10.0. The first kappa shape index (κ1) is 63.1. The molecule has 0 aliphatic heterocycles. The van der Waals surface area contributed by atoms with Gasteiger partial charge >= 0.3 is 0 Å². The summed E-state index contributed by atoms with van der Waals surface area (Å²) in [7, 11) is 0. The molecule has 2 spiro atoms. The van der Waals surface area contributed by atoms with Crippen LogP contribution in [0.2, 0.25) is 0 Å². The van der Waals surface area contributed by atoms with Crippen LogP contribution in [0.3, 0.4) is 0 Å². The van der Waals surface area contributed by atoms with Gasteiger partial charge in [0.15, 0.2) is 0 Å². The van der Waals surface area contributed by atoms with Crippen LogP contribution in [-0.2, 0) is 10.8 Å². The van der Waals surface area contributed by atoms with E-state index in [1.54, 1.807) is 0 Å². The van der Waals surface area contributed by atoms with E-state index in [2.05, 4.69) is 420 Å². The highest BCUT2D eigenvalue weighted by atomic mass is 32.1. The van der Waals surface area contributed by atoms with Crippen LogP contribution in [0, 0.1) is 0 Å². The zero-order valence-corrected chi connectivity index (χ0v) is 62.3. The van der Waals surface area contributed by atoms with Crippen LogP contribution in [0.25, 0.3) is 113 Å². The molecule has 0 amide bonds. The molecule has 20 aromatic rings. The van der Waals surface area contributed by atoms with Crippen molar-refractivity contribution >= 4 is 127 Å². The van der Waals surface area contributed by atoms with Crippen molar-refractivity contribution in [2.24, 2.45) is 0 Å². The number of aromatic nitrogens is 1. The lowest BCUT2D eigenvalue weighted by molar-refractivity contribution is 0.801. The van der Waals surface area contributed by atoms with Gasteiger partial charge in [-0.3, -0.25) is 0 Å². The molecule has 0 saturated heterocycles. The Morgan fingerprint density at radius 2 is 0.616 bits per heavy atom. The Hall–Kier alpha value is -13.9. The van der Waals surface area contributed by atoms with Crippen LogP contribution in [0.1, 0.15) is 44.5 Å². The molecule has 4 aliphatic rings. The van der Waals surface area contributed by atoms with Crippen molar-refractivity contribution in [2.75, 3.05) is 14.7 Å². The lowest BCUT2D eigenvalue weighted by atomic mass is 9.70. The number of hydrogen-bond donors (Lipinski definition) is 0. The fraction of sp³-hybridized carbons (Fsp3) is 0.0189. The van der Waals surface area contributed by atoms with E-state index in [9.17, 15) is 0 Å². The molecule has 17 aromatic carbocycles. The lowest BCUT2D eigenvalue weighted by Gasteiger charge is -2.33.